The van der Waals surface area contributed by atoms with Gasteiger partial charge >= 0.3 is 0 Å². The van der Waals surface area contributed by atoms with Crippen LogP contribution in [-0.2, 0) is 41.6 Å². The zero-order valence-electron chi connectivity index (χ0n) is 31.7. The number of carbonyl (C=O) groups excluding carboxylic acids is 6. The molecule has 2 aromatic rings. The predicted octanol–water partition coefficient (Wildman–Crippen LogP) is -0.586. The van der Waals surface area contributed by atoms with Crippen molar-refractivity contribution in [3.63, 3.8) is 0 Å². The van der Waals surface area contributed by atoms with E-state index in [1.807, 2.05) is 19.1 Å². The van der Waals surface area contributed by atoms with Crippen LogP contribution in [0.3, 0.4) is 0 Å². The number of nitrogens with zero attached hydrogens (tertiary/aromatic N) is 2. The van der Waals surface area contributed by atoms with Crippen LogP contribution in [0.1, 0.15) is 69.9 Å². The average Bonchev–Trinajstić information content (AvgIpc) is 3.15. The lowest BCUT2D eigenvalue weighted by molar-refractivity contribution is -0.134. The molecule has 0 spiro atoms. The van der Waals surface area contributed by atoms with E-state index >= 15 is 0 Å². The van der Waals surface area contributed by atoms with E-state index in [4.69, 9.17) is 22.9 Å². The number of benzene rings is 2. The number of Topliss-reactive ketones (excluding diaryl/α,β-unsaturated/α-hetero) is 1. The molecule has 0 bridgehead atoms. The molecule has 0 saturated carbocycles. The van der Waals surface area contributed by atoms with Gasteiger partial charge in [-0.05, 0) is 43.2 Å². The standard InChI is InChI=1S/C38H57N11O6/c1-3-20-43-33(52)19-18-32(51)28(16-10-21-44-37(39)40)47-35(54)30(23-26-12-6-4-7-13-26)49-36(55)31(24-27-14-8-5-9-15-27)48-34(53)29(46-25(2)50)17-11-22-45-38(41)42/h4-9,12-15,28-31H,3,10-11,16-24H2,1-2H3,(H,43,52)(H,46,50)(H,47,54)(H,48,53)(H,49,55)(H4,39,40,44)(H4,41,42,45). The zero-order valence-corrected chi connectivity index (χ0v) is 31.7. The van der Waals surface area contributed by atoms with E-state index in [1.54, 1.807) is 48.5 Å². The normalized spacial score (nSPS) is 12.8. The van der Waals surface area contributed by atoms with Crippen LogP contribution in [0, 0.1) is 0 Å². The molecular weight excluding hydrogens is 706 g/mol. The molecule has 17 heteroatoms. The van der Waals surface area contributed by atoms with Crippen LogP contribution in [0.15, 0.2) is 70.6 Å². The van der Waals surface area contributed by atoms with Gasteiger partial charge in [-0.2, -0.15) is 0 Å². The summed E-state index contributed by atoms with van der Waals surface area (Å²) in [5, 5.41) is 13.7. The zero-order chi connectivity index (χ0) is 40.6. The topological polar surface area (TPSA) is 291 Å². The van der Waals surface area contributed by atoms with Gasteiger partial charge in [0.15, 0.2) is 17.7 Å². The number of nitrogens with two attached hydrogens (primary N) is 4. The van der Waals surface area contributed by atoms with Gasteiger partial charge in [0.1, 0.15) is 18.1 Å². The van der Waals surface area contributed by atoms with Gasteiger partial charge in [-0.3, -0.25) is 38.8 Å². The summed E-state index contributed by atoms with van der Waals surface area (Å²) in [6, 6.07) is 13.6. The van der Waals surface area contributed by atoms with E-state index in [0.29, 0.717) is 19.4 Å². The Labute approximate surface area is 322 Å². The molecule has 13 N–H and O–H groups in total. The van der Waals surface area contributed by atoms with E-state index < -0.39 is 47.8 Å². The summed E-state index contributed by atoms with van der Waals surface area (Å²) in [6.45, 7) is 4.10. The van der Waals surface area contributed by atoms with Crippen molar-refractivity contribution in [3.8, 4) is 0 Å². The average molecular weight is 764 g/mol. The molecule has 0 aliphatic carbocycles. The van der Waals surface area contributed by atoms with Crippen LogP contribution in [0.25, 0.3) is 0 Å². The van der Waals surface area contributed by atoms with Gasteiger partial charge in [-0.25, -0.2) is 0 Å². The van der Waals surface area contributed by atoms with Crippen molar-refractivity contribution >= 4 is 47.2 Å². The summed E-state index contributed by atoms with van der Waals surface area (Å²) in [5.74, 6) is -3.25. The maximum atomic E-state index is 14.1. The number of hydrogen-bond donors (Lipinski definition) is 9. The highest BCUT2D eigenvalue weighted by atomic mass is 16.2. The van der Waals surface area contributed by atoms with Crippen molar-refractivity contribution in [3.05, 3.63) is 71.8 Å². The Morgan fingerprint density at radius 2 is 1.04 bits per heavy atom. The third-order valence-corrected chi connectivity index (χ3v) is 8.29. The highest BCUT2D eigenvalue weighted by Crippen LogP contribution is 2.11. The number of rotatable bonds is 25. The lowest BCUT2D eigenvalue weighted by Crippen LogP contribution is -2.58. The molecule has 55 heavy (non-hydrogen) atoms. The first kappa shape index (κ1) is 45.2. The van der Waals surface area contributed by atoms with Crippen molar-refractivity contribution in [1.29, 1.82) is 0 Å². The molecule has 300 valence electrons. The molecule has 4 atom stereocenters. The van der Waals surface area contributed by atoms with Crippen molar-refractivity contribution in [2.24, 2.45) is 32.9 Å². The van der Waals surface area contributed by atoms with Gasteiger partial charge < -0.3 is 49.5 Å². The minimum atomic E-state index is -1.18. The Kier molecular flexibility index (Phi) is 20.6. The third kappa shape index (κ3) is 19.1. The second kappa shape index (κ2) is 25.1. The molecule has 2 rings (SSSR count). The van der Waals surface area contributed by atoms with Crippen molar-refractivity contribution in [2.75, 3.05) is 19.6 Å². The number of aliphatic imine (C=N–C) groups is 2. The molecule has 17 nitrogen and oxygen atoms in total. The lowest BCUT2D eigenvalue weighted by atomic mass is 9.99. The van der Waals surface area contributed by atoms with Gasteiger partial charge in [-0.15, -0.1) is 0 Å². The Hall–Kier alpha value is -6.00. The number of carbonyl (C=O) groups is 6. The van der Waals surface area contributed by atoms with Crippen molar-refractivity contribution in [1.82, 2.24) is 26.6 Å². The van der Waals surface area contributed by atoms with Gasteiger partial charge in [-0.1, -0.05) is 67.6 Å². The van der Waals surface area contributed by atoms with Gasteiger partial charge in [0.25, 0.3) is 0 Å². The second-order valence-corrected chi connectivity index (χ2v) is 13.0. The summed E-state index contributed by atoms with van der Waals surface area (Å²) in [7, 11) is 0. The minimum Gasteiger partial charge on any atom is -0.370 e. The van der Waals surface area contributed by atoms with Crippen LogP contribution in [0.4, 0.5) is 0 Å². The molecule has 0 heterocycles. The summed E-state index contributed by atoms with van der Waals surface area (Å²) >= 11 is 0. The molecule has 0 aromatic heterocycles. The predicted molar refractivity (Wildman–Crippen MR) is 211 cm³/mol. The van der Waals surface area contributed by atoms with Gasteiger partial charge in [0, 0.05) is 52.2 Å². The molecule has 0 aliphatic heterocycles. The fourth-order valence-electron chi connectivity index (χ4n) is 5.53. The second-order valence-electron chi connectivity index (χ2n) is 13.0. The quantitative estimate of drug-likeness (QED) is 0.0352. The van der Waals surface area contributed by atoms with Gasteiger partial charge in [0.2, 0.25) is 29.5 Å². The molecule has 0 saturated heterocycles. The first-order chi connectivity index (χ1) is 26.3. The Morgan fingerprint density at radius 1 is 0.600 bits per heavy atom. The molecule has 0 fully saturated rings. The van der Waals surface area contributed by atoms with Crippen molar-refractivity contribution in [2.45, 2.75) is 95.8 Å². The molecule has 0 aliphatic rings. The third-order valence-electron chi connectivity index (χ3n) is 8.29. The number of nitrogens with one attached hydrogen (secondary N) is 5. The van der Waals surface area contributed by atoms with Gasteiger partial charge in [0.05, 0.1) is 6.04 Å². The first-order valence-electron chi connectivity index (χ1n) is 18.4. The smallest absolute Gasteiger partial charge is 0.243 e. The SMILES string of the molecule is CCCNC(=O)CCC(=O)C(CCCN=C(N)N)NC(=O)C(Cc1ccccc1)NC(=O)C(Cc1ccccc1)NC(=O)C(CCCN=C(N)N)NC(C)=O. The molecule has 5 amide bonds. The fourth-order valence-corrected chi connectivity index (χ4v) is 5.53. The van der Waals surface area contributed by atoms with E-state index in [0.717, 1.165) is 17.5 Å². The Bertz CT molecular complexity index is 1600. The summed E-state index contributed by atoms with van der Waals surface area (Å²) in [4.78, 5) is 87.4. The molecule has 0 radical (unpaired) electrons. The lowest BCUT2D eigenvalue weighted by Gasteiger charge is -2.27. The summed E-state index contributed by atoms with van der Waals surface area (Å²) in [5.41, 5.74) is 23.2. The Balaban J connectivity index is 2.38. The fraction of sp³-hybridized carbons (Fsp3) is 0.474. The highest BCUT2D eigenvalue weighted by Gasteiger charge is 2.31. The summed E-state index contributed by atoms with van der Waals surface area (Å²) < 4.78 is 0. The number of hydrogen-bond acceptors (Lipinski definition) is 8. The maximum absolute atomic E-state index is 14.1. The monoisotopic (exact) mass is 763 g/mol. The maximum Gasteiger partial charge on any atom is 0.243 e. The molecular formula is C38H57N11O6. The number of ketones is 1. The van der Waals surface area contributed by atoms with E-state index in [-0.39, 0.29) is 75.2 Å². The summed E-state index contributed by atoms with van der Waals surface area (Å²) in [6.07, 6.45) is 1.74. The van der Waals surface area contributed by atoms with E-state index in [9.17, 15) is 28.8 Å². The van der Waals surface area contributed by atoms with Crippen LogP contribution < -0.4 is 49.5 Å². The number of guanidine groups is 2. The Morgan fingerprint density at radius 3 is 1.47 bits per heavy atom. The largest absolute Gasteiger partial charge is 0.370 e. The highest BCUT2D eigenvalue weighted by molar-refractivity contribution is 5.96. The van der Waals surface area contributed by atoms with E-state index in [2.05, 4.69) is 36.6 Å². The number of amides is 5. The molecule has 4 unspecified atom stereocenters. The first-order valence-corrected chi connectivity index (χ1v) is 18.4. The minimum absolute atomic E-state index is 0.0536. The van der Waals surface area contributed by atoms with Crippen LogP contribution in [-0.4, -0.2) is 91.0 Å². The van der Waals surface area contributed by atoms with Crippen LogP contribution in [0.2, 0.25) is 0 Å². The van der Waals surface area contributed by atoms with Crippen molar-refractivity contribution < 1.29 is 28.8 Å². The van der Waals surface area contributed by atoms with E-state index in [1.165, 1.54) is 6.92 Å². The van der Waals surface area contributed by atoms with Crippen LogP contribution >= 0.6 is 0 Å². The van der Waals surface area contributed by atoms with Crippen LogP contribution in [0.5, 0.6) is 0 Å². The molecule has 2 aromatic carbocycles.